The van der Waals surface area contributed by atoms with Crippen molar-refractivity contribution in [2.24, 2.45) is 11.7 Å². The largest absolute Gasteiger partial charge is 0.379 e. The van der Waals surface area contributed by atoms with Crippen molar-refractivity contribution in [1.82, 2.24) is 0 Å². The summed E-state index contributed by atoms with van der Waals surface area (Å²) in [6.45, 7) is 0.724. The van der Waals surface area contributed by atoms with Crippen molar-refractivity contribution in [2.75, 3.05) is 13.2 Å². The van der Waals surface area contributed by atoms with E-state index in [4.69, 9.17) is 10.5 Å². The molecule has 1 aliphatic rings. The molecular formula is C11H12FNO2. The molecule has 0 saturated carbocycles. The highest BCUT2D eigenvalue weighted by molar-refractivity contribution is 5.98. The molecule has 4 heteroatoms. The second kappa shape index (κ2) is 4.08. The second-order valence-corrected chi connectivity index (χ2v) is 3.68. The molecule has 1 saturated heterocycles. The zero-order valence-corrected chi connectivity index (χ0v) is 8.15. The summed E-state index contributed by atoms with van der Waals surface area (Å²) >= 11 is 0. The Labute approximate surface area is 87.0 Å². The van der Waals surface area contributed by atoms with E-state index in [-0.39, 0.29) is 17.7 Å². The summed E-state index contributed by atoms with van der Waals surface area (Å²) in [5, 5.41) is 0. The van der Waals surface area contributed by atoms with Gasteiger partial charge in [-0.05, 0) is 12.1 Å². The maximum absolute atomic E-state index is 12.9. The Hall–Kier alpha value is -1.26. The van der Waals surface area contributed by atoms with Gasteiger partial charge in [-0.15, -0.1) is 0 Å². The number of benzene rings is 1. The molecule has 0 spiro atoms. The Morgan fingerprint density at radius 3 is 2.87 bits per heavy atom. The molecule has 0 amide bonds. The van der Waals surface area contributed by atoms with Crippen LogP contribution in [0.5, 0.6) is 0 Å². The minimum absolute atomic E-state index is 0.139. The van der Waals surface area contributed by atoms with Crippen molar-refractivity contribution in [3.05, 3.63) is 35.6 Å². The predicted octanol–water partition coefficient (Wildman–Crippen LogP) is 0.982. The van der Waals surface area contributed by atoms with Crippen LogP contribution >= 0.6 is 0 Å². The van der Waals surface area contributed by atoms with Crippen LogP contribution in [0.3, 0.4) is 0 Å². The fourth-order valence-corrected chi connectivity index (χ4v) is 1.70. The summed E-state index contributed by atoms with van der Waals surface area (Å²) in [4.78, 5) is 11.9. The van der Waals surface area contributed by atoms with Gasteiger partial charge in [0.15, 0.2) is 5.78 Å². The van der Waals surface area contributed by atoms with Gasteiger partial charge in [-0.25, -0.2) is 4.39 Å². The average molecular weight is 209 g/mol. The third-order valence-corrected chi connectivity index (χ3v) is 2.57. The Morgan fingerprint density at radius 2 is 2.27 bits per heavy atom. The van der Waals surface area contributed by atoms with Gasteiger partial charge in [0.1, 0.15) is 5.82 Å². The minimum Gasteiger partial charge on any atom is -0.379 e. The summed E-state index contributed by atoms with van der Waals surface area (Å²) in [6.07, 6.45) is 0. The molecule has 0 bridgehead atoms. The van der Waals surface area contributed by atoms with Gasteiger partial charge in [0.05, 0.1) is 19.1 Å². The van der Waals surface area contributed by atoms with E-state index < -0.39 is 5.82 Å². The normalized spacial score (nSPS) is 25.5. The summed E-state index contributed by atoms with van der Waals surface area (Å²) in [5.41, 5.74) is 6.08. The van der Waals surface area contributed by atoms with Crippen LogP contribution in [0.4, 0.5) is 4.39 Å². The van der Waals surface area contributed by atoms with E-state index in [1.54, 1.807) is 6.07 Å². The molecular weight excluding hydrogens is 197 g/mol. The topological polar surface area (TPSA) is 52.3 Å². The molecule has 15 heavy (non-hydrogen) atoms. The van der Waals surface area contributed by atoms with Crippen molar-refractivity contribution >= 4 is 5.78 Å². The van der Waals surface area contributed by atoms with Crippen LogP contribution < -0.4 is 5.73 Å². The van der Waals surface area contributed by atoms with Crippen molar-refractivity contribution in [2.45, 2.75) is 6.04 Å². The lowest BCUT2D eigenvalue weighted by molar-refractivity contribution is 0.0895. The Balaban J connectivity index is 2.20. The van der Waals surface area contributed by atoms with E-state index in [1.807, 2.05) is 0 Å². The number of hydrogen-bond acceptors (Lipinski definition) is 3. The summed E-state index contributed by atoms with van der Waals surface area (Å²) in [6, 6.07) is 5.37. The molecule has 1 fully saturated rings. The van der Waals surface area contributed by atoms with Crippen molar-refractivity contribution in [3.8, 4) is 0 Å². The van der Waals surface area contributed by atoms with E-state index in [0.717, 1.165) is 0 Å². The first-order valence-corrected chi connectivity index (χ1v) is 4.81. The zero-order valence-electron chi connectivity index (χ0n) is 8.15. The highest BCUT2D eigenvalue weighted by Crippen LogP contribution is 2.18. The molecule has 0 aromatic heterocycles. The Morgan fingerprint density at radius 1 is 1.47 bits per heavy atom. The third kappa shape index (κ3) is 2.06. The third-order valence-electron chi connectivity index (χ3n) is 2.57. The van der Waals surface area contributed by atoms with Crippen molar-refractivity contribution in [3.63, 3.8) is 0 Å². The number of halogens is 1. The van der Waals surface area contributed by atoms with E-state index in [0.29, 0.717) is 18.8 Å². The van der Waals surface area contributed by atoms with Crippen LogP contribution in [0, 0.1) is 11.7 Å². The first kappa shape index (κ1) is 10.3. The quantitative estimate of drug-likeness (QED) is 0.739. The minimum atomic E-state index is -0.409. The van der Waals surface area contributed by atoms with Crippen LogP contribution in [0.2, 0.25) is 0 Å². The number of hydrogen-bond donors (Lipinski definition) is 1. The number of nitrogens with two attached hydrogens (primary N) is 1. The van der Waals surface area contributed by atoms with Gasteiger partial charge in [0.2, 0.25) is 0 Å². The van der Waals surface area contributed by atoms with Crippen LogP contribution in [0.25, 0.3) is 0 Å². The number of carbonyl (C=O) groups is 1. The SMILES string of the molecule is NC1COCC1C(=O)c1cccc(F)c1. The van der Waals surface area contributed by atoms with Gasteiger partial charge in [-0.2, -0.15) is 0 Å². The molecule has 80 valence electrons. The first-order valence-electron chi connectivity index (χ1n) is 4.81. The van der Waals surface area contributed by atoms with Gasteiger partial charge in [-0.1, -0.05) is 12.1 Å². The summed E-state index contributed by atoms with van der Waals surface area (Å²) in [5.74, 6) is -0.889. The van der Waals surface area contributed by atoms with Crippen LogP contribution in [0.1, 0.15) is 10.4 Å². The first-order chi connectivity index (χ1) is 7.18. The monoisotopic (exact) mass is 209 g/mol. The second-order valence-electron chi connectivity index (χ2n) is 3.68. The molecule has 1 aromatic rings. The van der Waals surface area contributed by atoms with Crippen LogP contribution in [-0.4, -0.2) is 25.0 Å². The molecule has 3 nitrogen and oxygen atoms in total. The lowest BCUT2D eigenvalue weighted by Crippen LogP contribution is -2.34. The van der Waals surface area contributed by atoms with Gasteiger partial charge in [0.25, 0.3) is 0 Å². The molecule has 0 aliphatic carbocycles. The Bertz CT molecular complexity index is 381. The molecule has 1 aromatic carbocycles. The number of ether oxygens (including phenoxy) is 1. The molecule has 1 heterocycles. The van der Waals surface area contributed by atoms with Gasteiger partial charge >= 0.3 is 0 Å². The molecule has 2 N–H and O–H groups in total. The van der Waals surface area contributed by atoms with Gasteiger partial charge in [0, 0.05) is 11.6 Å². The predicted molar refractivity (Wildman–Crippen MR) is 53.0 cm³/mol. The fourth-order valence-electron chi connectivity index (χ4n) is 1.70. The van der Waals surface area contributed by atoms with E-state index >= 15 is 0 Å². The number of carbonyl (C=O) groups excluding carboxylic acids is 1. The van der Waals surface area contributed by atoms with Crippen LogP contribution in [0.15, 0.2) is 24.3 Å². The van der Waals surface area contributed by atoms with Crippen molar-refractivity contribution in [1.29, 1.82) is 0 Å². The summed E-state index contributed by atoms with van der Waals surface area (Å²) < 4.78 is 18.0. The van der Waals surface area contributed by atoms with Crippen molar-refractivity contribution < 1.29 is 13.9 Å². The molecule has 2 rings (SSSR count). The highest BCUT2D eigenvalue weighted by atomic mass is 19.1. The number of rotatable bonds is 2. The molecule has 0 radical (unpaired) electrons. The van der Waals surface area contributed by atoms with Crippen LogP contribution in [-0.2, 0) is 4.74 Å². The maximum atomic E-state index is 12.9. The Kier molecular flexibility index (Phi) is 2.79. The van der Waals surface area contributed by atoms with E-state index in [1.165, 1.54) is 18.2 Å². The molecule has 2 atom stereocenters. The number of Topliss-reactive ketones (excluding diaryl/α,β-unsaturated/α-hetero) is 1. The fraction of sp³-hybridized carbons (Fsp3) is 0.364. The standard InChI is InChI=1S/C11H12FNO2/c12-8-3-1-2-7(4-8)11(14)9-5-15-6-10(9)13/h1-4,9-10H,5-6,13H2. The number of ketones is 1. The van der Waals surface area contributed by atoms with E-state index in [9.17, 15) is 9.18 Å². The summed E-state index contributed by atoms with van der Waals surface area (Å²) in [7, 11) is 0. The highest BCUT2D eigenvalue weighted by Gasteiger charge is 2.31. The average Bonchev–Trinajstić information content (AvgIpc) is 2.63. The zero-order chi connectivity index (χ0) is 10.8. The van der Waals surface area contributed by atoms with Gasteiger partial charge in [-0.3, -0.25) is 4.79 Å². The van der Waals surface area contributed by atoms with E-state index in [2.05, 4.69) is 0 Å². The smallest absolute Gasteiger partial charge is 0.170 e. The van der Waals surface area contributed by atoms with Gasteiger partial charge < -0.3 is 10.5 Å². The molecule has 1 aliphatic heterocycles. The lowest BCUT2D eigenvalue weighted by Gasteiger charge is -2.11. The maximum Gasteiger partial charge on any atom is 0.170 e. The molecule has 2 unspecified atom stereocenters. The lowest BCUT2D eigenvalue weighted by atomic mass is 9.94.